The molecule has 0 amide bonds. The normalized spacial score (nSPS) is 8.00. The van der Waals surface area contributed by atoms with Gasteiger partial charge in [0.2, 0.25) is 0 Å². The largest absolute Gasteiger partial charge is 0.379 e. The summed E-state index contributed by atoms with van der Waals surface area (Å²) in [5.41, 5.74) is 10.4. The van der Waals surface area contributed by atoms with Crippen molar-refractivity contribution in [2.45, 2.75) is 6.10 Å². The van der Waals surface area contributed by atoms with E-state index in [1.807, 2.05) is 0 Å². The van der Waals surface area contributed by atoms with Crippen LogP contribution in [-0.2, 0) is 4.74 Å². The number of nitrogens with two attached hydrogens (primary N) is 2. The predicted octanol–water partition coefficient (Wildman–Crippen LogP) is -0.238. The van der Waals surface area contributed by atoms with Crippen molar-refractivity contribution in [2.75, 3.05) is 20.2 Å². The second kappa shape index (κ2) is 11.3. The molecule has 9 heavy (non-hydrogen) atoms. The Labute approximate surface area is 67.9 Å². The van der Waals surface area contributed by atoms with Gasteiger partial charge in [0.1, 0.15) is 0 Å². The van der Waals surface area contributed by atoms with Crippen LogP contribution in [0.2, 0.25) is 0 Å². The van der Waals surface area contributed by atoms with Crippen LogP contribution in [0.5, 0.6) is 0 Å². The molecule has 0 aromatic rings. The van der Waals surface area contributed by atoms with Gasteiger partial charge in [0.25, 0.3) is 0 Å². The molecule has 0 spiro atoms. The molecular formula is C4H14Cl2N2O. The van der Waals surface area contributed by atoms with Gasteiger partial charge in [-0.05, 0) is 0 Å². The van der Waals surface area contributed by atoms with Crippen LogP contribution >= 0.6 is 24.8 Å². The zero-order chi connectivity index (χ0) is 5.70. The lowest BCUT2D eigenvalue weighted by Crippen LogP contribution is -2.30. The van der Waals surface area contributed by atoms with E-state index in [1.165, 1.54) is 0 Å². The predicted molar refractivity (Wildman–Crippen MR) is 43.4 cm³/mol. The van der Waals surface area contributed by atoms with Crippen molar-refractivity contribution in [3.63, 3.8) is 0 Å². The van der Waals surface area contributed by atoms with Gasteiger partial charge in [-0.3, -0.25) is 0 Å². The van der Waals surface area contributed by atoms with Crippen LogP contribution in [0.4, 0.5) is 0 Å². The zero-order valence-electron chi connectivity index (χ0n) is 5.37. The molecule has 0 aliphatic heterocycles. The van der Waals surface area contributed by atoms with Gasteiger partial charge in [0, 0.05) is 20.2 Å². The van der Waals surface area contributed by atoms with Crippen LogP contribution in [0.1, 0.15) is 0 Å². The first-order valence-electron chi connectivity index (χ1n) is 2.28. The first-order chi connectivity index (χ1) is 3.35. The summed E-state index contributed by atoms with van der Waals surface area (Å²) in [6, 6.07) is 0. The van der Waals surface area contributed by atoms with Gasteiger partial charge >= 0.3 is 0 Å². The van der Waals surface area contributed by atoms with Crippen LogP contribution in [-0.4, -0.2) is 26.3 Å². The number of ether oxygens (including phenoxy) is 1. The molecule has 0 fully saturated rings. The molecule has 0 aliphatic rings. The van der Waals surface area contributed by atoms with Crippen molar-refractivity contribution in [1.82, 2.24) is 0 Å². The van der Waals surface area contributed by atoms with E-state index < -0.39 is 0 Å². The third-order valence-corrected chi connectivity index (χ3v) is 0.859. The Morgan fingerprint density at radius 3 is 1.56 bits per heavy atom. The minimum Gasteiger partial charge on any atom is -0.379 e. The topological polar surface area (TPSA) is 61.3 Å². The van der Waals surface area contributed by atoms with Crippen molar-refractivity contribution >= 4 is 24.8 Å². The van der Waals surface area contributed by atoms with Crippen molar-refractivity contribution < 1.29 is 4.74 Å². The Bertz CT molecular complexity index is 38.0. The summed E-state index contributed by atoms with van der Waals surface area (Å²) >= 11 is 0. The first kappa shape index (κ1) is 16.2. The van der Waals surface area contributed by atoms with Crippen LogP contribution in [0.3, 0.4) is 0 Å². The van der Waals surface area contributed by atoms with Crippen LogP contribution in [0.25, 0.3) is 0 Å². The Morgan fingerprint density at radius 2 is 1.56 bits per heavy atom. The lowest BCUT2D eigenvalue weighted by atomic mass is 10.4. The second-order valence-corrected chi connectivity index (χ2v) is 1.33. The molecule has 5 heteroatoms. The van der Waals surface area contributed by atoms with E-state index >= 15 is 0 Å². The van der Waals surface area contributed by atoms with Gasteiger partial charge in [0.15, 0.2) is 0 Å². The third-order valence-electron chi connectivity index (χ3n) is 0.859. The highest BCUT2D eigenvalue weighted by atomic mass is 35.5. The molecule has 0 rings (SSSR count). The monoisotopic (exact) mass is 176 g/mol. The van der Waals surface area contributed by atoms with Crippen molar-refractivity contribution in [2.24, 2.45) is 11.5 Å². The highest BCUT2D eigenvalue weighted by molar-refractivity contribution is 5.85. The lowest BCUT2D eigenvalue weighted by molar-refractivity contribution is 0.116. The highest BCUT2D eigenvalue weighted by Gasteiger charge is 1.96. The zero-order valence-corrected chi connectivity index (χ0v) is 7.00. The molecule has 0 atom stereocenters. The summed E-state index contributed by atoms with van der Waals surface area (Å²) < 4.78 is 4.80. The van der Waals surface area contributed by atoms with E-state index in [0.29, 0.717) is 13.1 Å². The number of hydrogen-bond donors (Lipinski definition) is 2. The molecule has 3 nitrogen and oxygen atoms in total. The molecule has 0 heterocycles. The van der Waals surface area contributed by atoms with E-state index in [2.05, 4.69) is 0 Å². The molecule has 0 bridgehead atoms. The maximum absolute atomic E-state index is 5.19. The summed E-state index contributed by atoms with van der Waals surface area (Å²) in [7, 11) is 1.60. The molecule has 0 aromatic heterocycles. The number of halogens is 2. The van der Waals surface area contributed by atoms with Crippen molar-refractivity contribution in [3.05, 3.63) is 0 Å². The summed E-state index contributed by atoms with van der Waals surface area (Å²) in [5, 5.41) is 0. The van der Waals surface area contributed by atoms with E-state index in [0.717, 1.165) is 0 Å². The van der Waals surface area contributed by atoms with E-state index in [4.69, 9.17) is 16.2 Å². The SMILES string of the molecule is COC(CN)CN.Cl.Cl. The maximum Gasteiger partial charge on any atom is 0.0815 e. The fraction of sp³-hybridized carbons (Fsp3) is 1.00. The number of hydrogen-bond acceptors (Lipinski definition) is 3. The van der Waals surface area contributed by atoms with E-state index in [1.54, 1.807) is 7.11 Å². The average molecular weight is 177 g/mol. The fourth-order valence-electron chi connectivity index (χ4n) is 0.289. The van der Waals surface area contributed by atoms with Gasteiger partial charge in [0.05, 0.1) is 6.10 Å². The van der Waals surface area contributed by atoms with Gasteiger partial charge in [-0.2, -0.15) is 0 Å². The molecule has 0 unspecified atom stereocenters. The third kappa shape index (κ3) is 8.46. The van der Waals surface area contributed by atoms with Crippen molar-refractivity contribution in [3.8, 4) is 0 Å². The number of methoxy groups -OCH3 is 1. The minimum atomic E-state index is 0. The molecule has 0 aliphatic carbocycles. The average Bonchev–Trinajstić information content (AvgIpc) is 1.72. The molecular weight excluding hydrogens is 163 g/mol. The second-order valence-electron chi connectivity index (χ2n) is 1.33. The Hall–Kier alpha value is 0.460. The lowest BCUT2D eigenvalue weighted by Gasteiger charge is -2.07. The smallest absolute Gasteiger partial charge is 0.0815 e. The summed E-state index contributed by atoms with van der Waals surface area (Å²) in [6.07, 6.45) is 0.0417. The standard InChI is InChI=1S/C4H12N2O.2ClH/c1-7-4(2-5)3-6;;/h4H,2-3,5-6H2,1H3;2*1H. The molecule has 0 saturated heterocycles. The Kier molecular flexibility index (Phi) is 20.3. The van der Waals surface area contributed by atoms with Crippen molar-refractivity contribution in [1.29, 1.82) is 0 Å². The van der Waals surface area contributed by atoms with Gasteiger partial charge < -0.3 is 16.2 Å². The molecule has 4 N–H and O–H groups in total. The molecule has 0 aromatic carbocycles. The fourth-order valence-corrected chi connectivity index (χ4v) is 0.289. The molecule has 0 saturated carbocycles. The Morgan fingerprint density at radius 1 is 1.22 bits per heavy atom. The van der Waals surface area contributed by atoms with Crippen LogP contribution in [0.15, 0.2) is 0 Å². The van der Waals surface area contributed by atoms with Gasteiger partial charge in [-0.15, -0.1) is 24.8 Å². The molecule has 60 valence electrons. The summed E-state index contributed by atoms with van der Waals surface area (Å²) in [6.45, 7) is 1.01. The summed E-state index contributed by atoms with van der Waals surface area (Å²) in [5.74, 6) is 0. The van der Waals surface area contributed by atoms with Gasteiger partial charge in [-0.1, -0.05) is 0 Å². The minimum absolute atomic E-state index is 0. The summed E-state index contributed by atoms with van der Waals surface area (Å²) in [4.78, 5) is 0. The van der Waals surface area contributed by atoms with E-state index in [-0.39, 0.29) is 30.9 Å². The quantitative estimate of drug-likeness (QED) is 0.625. The Balaban J connectivity index is -0.000000180. The first-order valence-corrected chi connectivity index (χ1v) is 2.28. The highest BCUT2D eigenvalue weighted by Crippen LogP contribution is 1.78. The molecule has 0 radical (unpaired) electrons. The van der Waals surface area contributed by atoms with E-state index in [9.17, 15) is 0 Å². The number of rotatable bonds is 3. The van der Waals surface area contributed by atoms with Gasteiger partial charge in [-0.25, -0.2) is 0 Å². The van der Waals surface area contributed by atoms with Crippen LogP contribution in [0, 0.1) is 0 Å². The maximum atomic E-state index is 5.19. The van der Waals surface area contributed by atoms with Crippen LogP contribution < -0.4 is 11.5 Å².